The van der Waals surface area contributed by atoms with Gasteiger partial charge in [-0.1, -0.05) is 0 Å². The van der Waals surface area contributed by atoms with E-state index in [0.29, 0.717) is 25.5 Å². The molecule has 0 amide bonds. The van der Waals surface area contributed by atoms with Gasteiger partial charge in [0.25, 0.3) is 0 Å². The summed E-state index contributed by atoms with van der Waals surface area (Å²) in [5, 5.41) is -0.375. The number of hydrogen-bond donors (Lipinski definition) is 1. The van der Waals surface area contributed by atoms with Crippen LogP contribution in [-0.2, 0) is 14.6 Å². The average Bonchev–Trinajstić information content (AvgIpc) is 2.28. The van der Waals surface area contributed by atoms with Gasteiger partial charge < -0.3 is 10.5 Å². The van der Waals surface area contributed by atoms with E-state index in [1.165, 1.54) is 6.26 Å². The lowest BCUT2D eigenvalue weighted by Gasteiger charge is -2.42. The highest BCUT2D eigenvalue weighted by atomic mass is 32.2. The molecule has 0 bridgehead atoms. The number of hydrogen-bond acceptors (Lipinski definition) is 6. The average molecular weight is 294 g/mol. The first-order chi connectivity index (χ1) is 8.41. The van der Waals surface area contributed by atoms with Crippen LogP contribution in [0.25, 0.3) is 0 Å². The van der Waals surface area contributed by atoms with Crippen molar-refractivity contribution in [2.75, 3.05) is 44.1 Å². The monoisotopic (exact) mass is 294 g/mol. The van der Waals surface area contributed by atoms with Gasteiger partial charge in [-0.3, -0.25) is 4.90 Å². The quantitative estimate of drug-likeness (QED) is 0.784. The largest absolute Gasteiger partial charge is 0.381 e. The van der Waals surface area contributed by atoms with E-state index in [-0.39, 0.29) is 10.9 Å². The van der Waals surface area contributed by atoms with Crippen LogP contribution >= 0.6 is 11.8 Å². The zero-order valence-corrected chi connectivity index (χ0v) is 12.4. The molecule has 5 nitrogen and oxygen atoms in total. The van der Waals surface area contributed by atoms with Crippen LogP contribution < -0.4 is 5.73 Å². The summed E-state index contributed by atoms with van der Waals surface area (Å²) in [7, 11) is -3.03. The molecule has 2 saturated heterocycles. The number of rotatable bonds is 3. The lowest BCUT2D eigenvalue weighted by molar-refractivity contribution is 0.0371. The maximum absolute atomic E-state index is 11.8. The topological polar surface area (TPSA) is 72.6 Å². The first-order valence-electron chi connectivity index (χ1n) is 6.28. The van der Waals surface area contributed by atoms with Gasteiger partial charge in [0, 0.05) is 49.6 Å². The van der Waals surface area contributed by atoms with E-state index in [0.717, 1.165) is 25.1 Å². The summed E-state index contributed by atoms with van der Waals surface area (Å²) in [6.45, 7) is 2.84. The van der Waals surface area contributed by atoms with Crippen molar-refractivity contribution in [3.63, 3.8) is 0 Å². The third-order valence-corrected chi connectivity index (χ3v) is 6.38. The second kappa shape index (κ2) is 5.66. The Hall–Kier alpha value is 0.180. The number of ether oxygens (including phenoxy) is 1. The molecular formula is C11H22N2O3S2. The summed E-state index contributed by atoms with van der Waals surface area (Å²) < 4.78 is 29.0. The van der Waals surface area contributed by atoms with Gasteiger partial charge in [0.1, 0.15) is 5.37 Å². The molecule has 0 aliphatic carbocycles. The van der Waals surface area contributed by atoms with Gasteiger partial charge in [0.05, 0.1) is 0 Å². The van der Waals surface area contributed by atoms with Crippen molar-refractivity contribution in [2.24, 2.45) is 5.73 Å². The zero-order chi connectivity index (χ0) is 13.2. The van der Waals surface area contributed by atoms with E-state index in [1.807, 2.05) is 0 Å². The molecule has 1 atom stereocenters. The maximum Gasteiger partial charge on any atom is 0.164 e. The summed E-state index contributed by atoms with van der Waals surface area (Å²) in [5.41, 5.74) is 6.08. The second-order valence-corrected chi connectivity index (χ2v) is 8.66. The molecule has 0 spiro atoms. The molecule has 0 aromatic carbocycles. The van der Waals surface area contributed by atoms with Gasteiger partial charge in [0.15, 0.2) is 9.84 Å². The molecule has 0 saturated carbocycles. The Bertz CT molecular complexity index is 380. The highest BCUT2D eigenvalue weighted by Crippen LogP contribution is 2.25. The van der Waals surface area contributed by atoms with Gasteiger partial charge in [-0.25, -0.2) is 8.42 Å². The zero-order valence-electron chi connectivity index (χ0n) is 10.8. The fourth-order valence-electron chi connectivity index (χ4n) is 2.53. The van der Waals surface area contributed by atoms with E-state index < -0.39 is 9.84 Å². The summed E-state index contributed by atoms with van der Waals surface area (Å²) in [6, 6.07) is 0. The first kappa shape index (κ1) is 14.6. The standard InChI is InChI=1S/C11H22N2O3S2/c1-18(14,15)10-8-17-7-4-13(10)9-11(12)2-5-16-6-3-11/h10H,2-9,12H2,1H3. The van der Waals surface area contributed by atoms with Crippen molar-refractivity contribution in [1.82, 2.24) is 4.90 Å². The van der Waals surface area contributed by atoms with Crippen LogP contribution in [0.3, 0.4) is 0 Å². The van der Waals surface area contributed by atoms with Crippen LogP contribution in [0.15, 0.2) is 0 Å². The predicted octanol–water partition coefficient (Wildman–Crippen LogP) is -0.0862. The Morgan fingerprint density at radius 2 is 2.11 bits per heavy atom. The molecule has 7 heteroatoms. The number of nitrogens with two attached hydrogens (primary N) is 1. The molecule has 18 heavy (non-hydrogen) atoms. The fourth-order valence-corrected chi connectivity index (χ4v) is 5.47. The highest BCUT2D eigenvalue weighted by Gasteiger charge is 2.37. The van der Waals surface area contributed by atoms with Gasteiger partial charge in [-0.05, 0) is 12.8 Å². The van der Waals surface area contributed by atoms with E-state index in [2.05, 4.69) is 4.90 Å². The van der Waals surface area contributed by atoms with Crippen molar-refractivity contribution < 1.29 is 13.2 Å². The SMILES string of the molecule is CS(=O)(=O)C1CSCCN1CC1(N)CCOCC1. The summed E-state index contributed by atoms with van der Waals surface area (Å²) >= 11 is 1.71. The normalized spacial score (nSPS) is 30.2. The maximum atomic E-state index is 11.8. The van der Waals surface area contributed by atoms with Gasteiger partial charge >= 0.3 is 0 Å². The van der Waals surface area contributed by atoms with Gasteiger partial charge in [-0.2, -0.15) is 11.8 Å². The minimum Gasteiger partial charge on any atom is -0.381 e. The van der Waals surface area contributed by atoms with E-state index in [1.54, 1.807) is 11.8 Å². The van der Waals surface area contributed by atoms with Crippen molar-refractivity contribution in [1.29, 1.82) is 0 Å². The van der Waals surface area contributed by atoms with E-state index >= 15 is 0 Å². The number of thioether (sulfide) groups is 1. The van der Waals surface area contributed by atoms with Crippen LogP contribution in [-0.4, -0.2) is 68.3 Å². The molecule has 1 unspecified atom stereocenters. The van der Waals surface area contributed by atoms with Crippen molar-refractivity contribution in [2.45, 2.75) is 23.8 Å². The molecule has 2 N–H and O–H groups in total. The Balaban J connectivity index is 2.05. The Morgan fingerprint density at radius 3 is 2.72 bits per heavy atom. The minimum absolute atomic E-state index is 0.288. The molecule has 2 heterocycles. The Morgan fingerprint density at radius 1 is 1.44 bits per heavy atom. The van der Waals surface area contributed by atoms with E-state index in [4.69, 9.17) is 10.5 Å². The van der Waals surface area contributed by atoms with Crippen LogP contribution in [0.5, 0.6) is 0 Å². The molecule has 0 aromatic rings. The van der Waals surface area contributed by atoms with Crippen LogP contribution in [0, 0.1) is 0 Å². The second-order valence-electron chi connectivity index (χ2n) is 5.30. The Kier molecular flexibility index (Phi) is 4.59. The van der Waals surface area contributed by atoms with Crippen LogP contribution in [0.2, 0.25) is 0 Å². The minimum atomic E-state index is -3.03. The highest BCUT2D eigenvalue weighted by molar-refractivity contribution is 8.00. The Labute approximate surface area is 113 Å². The van der Waals surface area contributed by atoms with Gasteiger partial charge in [-0.15, -0.1) is 0 Å². The summed E-state index contributed by atoms with van der Waals surface area (Å²) in [4.78, 5) is 2.05. The first-order valence-corrected chi connectivity index (χ1v) is 9.39. The molecular weight excluding hydrogens is 272 g/mol. The van der Waals surface area contributed by atoms with Crippen molar-refractivity contribution in [3.05, 3.63) is 0 Å². The van der Waals surface area contributed by atoms with E-state index in [9.17, 15) is 8.42 Å². The molecule has 0 radical (unpaired) electrons. The lowest BCUT2D eigenvalue weighted by atomic mass is 9.90. The van der Waals surface area contributed by atoms with Crippen molar-refractivity contribution >= 4 is 21.6 Å². The molecule has 2 aliphatic rings. The van der Waals surface area contributed by atoms with Crippen LogP contribution in [0.4, 0.5) is 0 Å². The number of nitrogens with zero attached hydrogens (tertiary/aromatic N) is 1. The van der Waals surface area contributed by atoms with Gasteiger partial charge in [0.2, 0.25) is 0 Å². The summed E-state index contributed by atoms with van der Waals surface area (Å²) in [5.74, 6) is 1.64. The number of sulfone groups is 1. The predicted molar refractivity (Wildman–Crippen MR) is 74.5 cm³/mol. The van der Waals surface area contributed by atoms with Crippen molar-refractivity contribution in [3.8, 4) is 0 Å². The lowest BCUT2D eigenvalue weighted by Crippen LogP contribution is -2.58. The molecule has 0 aromatic heterocycles. The fraction of sp³-hybridized carbons (Fsp3) is 1.00. The molecule has 2 fully saturated rings. The third-order valence-electron chi connectivity index (χ3n) is 3.69. The van der Waals surface area contributed by atoms with Crippen LogP contribution in [0.1, 0.15) is 12.8 Å². The molecule has 2 aliphatic heterocycles. The third kappa shape index (κ3) is 3.60. The summed E-state index contributed by atoms with van der Waals surface area (Å²) in [6.07, 6.45) is 2.95. The molecule has 2 rings (SSSR count). The molecule has 106 valence electrons. The smallest absolute Gasteiger partial charge is 0.164 e.